The Morgan fingerprint density at radius 3 is 2.50 bits per heavy atom. The molecule has 4 saturated carbocycles. The number of hydrogen-bond acceptors (Lipinski definition) is 3. The van der Waals surface area contributed by atoms with Crippen molar-refractivity contribution in [3.05, 3.63) is 0 Å². The van der Waals surface area contributed by atoms with E-state index in [0.717, 1.165) is 43.9 Å². The predicted octanol–water partition coefficient (Wildman–Crippen LogP) is 4.39. The summed E-state index contributed by atoms with van der Waals surface area (Å²) in [6.45, 7) is 4.84. The summed E-state index contributed by atoms with van der Waals surface area (Å²) >= 11 is 0. The molecule has 0 aromatic rings. The summed E-state index contributed by atoms with van der Waals surface area (Å²) < 4.78 is 5.13. The van der Waals surface area contributed by atoms with Crippen LogP contribution in [0.3, 0.4) is 0 Å². The third-order valence-electron chi connectivity index (χ3n) is 8.97. The van der Waals surface area contributed by atoms with Gasteiger partial charge < -0.3 is 4.74 Å². The van der Waals surface area contributed by atoms with E-state index < -0.39 is 0 Å². The van der Waals surface area contributed by atoms with Crippen molar-refractivity contribution >= 4 is 11.8 Å². The maximum atomic E-state index is 12.3. The zero-order valence-corrected chi connectivity index (χ0v) is 15.5. The van der Waals surface area contributed by atoms with Crippen molar-refractivity contribution in [2.45, 2.75) is 71.6 Å². The molecule has 0 radical (unpaired) electrons. The summed E-state index contributed by atoms with van der Waals surface area (Å²) in [7, 11) is 1.54. The lowest BCUT2D eigenvalue weighted by atomic mass is 9.45. The molecule has 0 saturated heterocycles. The average Bonchev–Trinajstić information content (AvgIpc) is 2.92. The highest BCUT2D eigenvalue weighted by Gasteiger charge is 2.61. The molecule has 4 rings (SSSR count). The van der Waals surface area contributed by atoms with Crippen molar-refractivity contribution in [1.29, 1.82) is 0 Å². The summed E-state index contributed by atoms with van der Waals surface area (Å²) in [5.74, 6) is 3.42. The molecule has 4 fully saturated rings. The summed E-state index contributed by atoms with van der Waals surface area (Å²) in [6, 6.07) is 0. The summed E-state index contributed by atoms with van der Waals surface area (Å²) in [5.41, 5.74) is 0.503. The first-order valence-electron chi connectivity index (χ1n) is 9.99. The van der Waals surface area contributed by atoms with E-state index >= 15 is 0 Å². The van der Waals surface area contributed by atoms with Gasteiger partial charge in [0.25, 0.3) is 0 Å². The van der Waals surface area contributed by atoms with Gasteiger partial charge in [0.1, 0.15) is 5.78 Å². The van der Waals surface area contributed by atoms with Crippen molar-refractivity contribution in [3.8, 4) is 0 Å². The highest BCUT2D eigenvalue weighted by molar-refractivity contribution is 5.79. The number of rotatable bonds is 1. The molecule has 3 heteroatoms. The molecule has 0 heterocycles. The van der Waals surface area contributed by atoms with Gasteiger partial charge in [-0.1, -0.05) is 13.8 Å². The van der Waals surface area contributed by atoms with Gasteiger partial charge in [0.15, 0.2) is 0 Å². The van der Waals surface area contributed by atoms with E-state index in [4.69, 9.17) is 4.74 Å². The first-order chi connectivity index (χ1) is 11.4. The molecule has 3 nitrogen and oxygen atoms in total. The van der Waals surface area contributed by atoms with Crippen molar-refractivity contribution in [2.75, 3.05) is 7.11 Å². The van der Waals surface area contributed by atoms with Crippen LogP contribution in [0.2, 0.25) is 0 Å². The molecule has 4 aliphatic carbocycles. The van der Waals surface area contributed by atoms with Crippen LogP contribution in [0.15, 0.2) is 0 Å². The van der Waals surface area contributed by atoms with Gasteiger partial charge in [-0.15, -0.1) is 0 Å². The maximum absolute atomic E-state index is 12.3. The largest absolute Gasteiger partial charge is 0.469 e. The zero-order chi connectivity index (χ0) is 17.1. The predicted molar refractivity (Wildman–Crippen MR) is 92.2 cm³/mol. The fourth-order valence-electron chi connectivity index (χ4n) is 7.57. The molecule has 0 unspecified atom stereocenters. The van der Waals surface area contributed by atoms with Crippen LogP contribution < -0.4 is 0 Å². The molecule has 134 valence electrons. The fourth-order valence-corrected chi connectivity index (χ4v) is 7.57. The van der Waals surface area contributed by atoms with Crippen molar-refractivity contribution < 1.29 is 14.3 Å². The number of methoxy groups -OCH3 is 1. The number of hydrogen-bond donors (Lipinski definition) is 0. The second-order valence-electron chi connectivity index (χ2n) is 9.60. The monoisotopic (exact) mass is 332 g/mol. The second-order valence-corrected chi connectivity index (χ2v) is 9.60. The van der Waals surface area contributed by atoms with Crippen molar-refractivity contribution in [3.63, 3.8) is 0 Å². The molecule has 24 heavy (non-hydrogen) atoms. The fraction of sp³-hybridized carbons (Fsp3) is 0.905. The minimum Gasteiger partial charge on any atom is -0.469 e. The number of esters is 1. The lowest BCUT2D eigenvalue weighted by molar-refractivity contribution is -0.157. The molecule has 0 aromatic carbocycles. The molecule has 7 atom stereocenters. The SMILES string of the molecule is COC(=O)[C@@H]1CC[C@@H]2[C@@H]3CC[C@H]4CC(=O)CC[C@]4(C)[C@@H]3CC[C@@]21C. The van der Waals surface area contributed by atoms with Gasteiger partial charge in [-0.3, -0.25) is 9.59 Å². The highest BCUT2D eigenvalue weighted by atomic mass is 16.5. The Bertz CT molecular complexity index is 555. The molecule has 0 amide bonds. The molecule has 0 aliphatic heterocycles. The van der Waals surface area contributed by atoms with E-state index in [0.29, 0.717) is 23.0 Å². The Morgan fingerprint density at radius 2 is 1.75 bits per heavy atom. The summed E-state index contributed by atoms with van der Waals surface area (Å²) in [4.78, 5) is 24.3. The van der Waals surface area contributed by atoms with Crippen LogP contribution in [-0.4, -0.2) is 18.9 Å². The lowest BCUT2D eigenvalue weighted by Gasteiger charge is -2.60. The number of carbonyl (C=O) groups is 2. The Labute approximate surface area is 145 Å². The quantitative estimate of drug-likeness (QED) is 0.669. The van der Waals surface area contributed by atoms with E-state index in [-0.39, 0.29) is 17.3 Å². The van der Waals surface area contributed by atoms with E-state index in [2.05, 4.69) is 13.8 Å². The Kier molecular flexibility index (Phi) is 3.85. The Balaban J connectivity index is 1.61. The molecule has 4 aliphatic rings. The lowest BCUT2D eigenvalue weighted by Crippen LogP contribution is -2.54. The van der Waals surface area contributed by atoms with Crippen LogP contribution in [0.4, 0.5) is 0 Å². The third-order valence-corrected chi connectivity index (χ3v) is 8.97. The Morgan fingerprint density at radius 1 is 1.00 bits per heavy atom. The van der Waals surface area contributed by atoms with Crippen LogP contribution in [0.25, 0.3) is 0 Å². The van der Waals surface area contributed by atoms with E-state index in [9.17, 15) is 9.59 Å². The van der Waals surface area contributed by atoms with Crippen LogP contribution in [0.5, 0.6) is 0 Å². The molecule has 0 N–H and O–H groups in total. The summed E-state index contributed by atoms with van der Waals surface area (Å²) in [5, 5.41) is 0. The molecule has 0 aromatic heterocycles. The number of ketones is 1. The van der Waals surface area contributed by atoms with Crippen LogP contribution in [0, 0.1) is 40.4 Å². The van der Waals surface area contributed by atoms with E-state index in [1.165, 1.54) is 32.8 Å². The normalized spacial score (nSPS) is 50.6. The maximum Gasteiger partial charge on any atom is 0.309 e. The van der Waals surface area contributed by atoms with Crippen molar-refractivity contribution in [1.82, 2.24) is 0 Å². The molecule has 0 spiro atoms. The van der Waals surface area contributed by atoms with Crippen LogP contribution in [0.1, 0.15) is 71.6 Å². The third kappa shape index (κ3) is 2.15. The van der Waals surface area contributed by atoms with Gasteiger partial charge in [0.2, 0.25) is 0 Å². The smallest absolute Gasteiger partial charge is 0.309 e. The van der Waals surface area contributed by atoms with Crippen LogP contribution >= 0.6 is 0 Å². The number of ether oxygens (including phenoxy) is 1. The Hall–Kier alpha value is -0.860. The topological polar surface area (TPSA) is 43.4 Å². The molecular formula is C21H32O3. The number of fused-ring (bicyclic) bond motifs is 5. The molecular weight excluding hydrogens is 300 g/mol. The van der Waals surface area contributed by atoms with Gasteiger partial charge in [-0.05, 0) is 79.4 Å². The first-order valence-corrected chi connectivity index (χ1v) is 9.99. The standard InChI is InChI=1S/C21H32O3/c1-20-10-8-14(22)12-13(20)4-5-15-16-6-7-18(19(23)24-3)21(16,2)11-9-17(15)20/h13,15-18H,4-12H2,1-3H3/t13-,15-,16+,17+,18-,20-,21-/m0/s1. The summed E-state index contributed by atoms with van der Waals surface area (Å²) in [6.07, 6.45) is 9.82. The van der Waals surface area contributed by atoms with E-state index in [1.54, 1.807) is 0 Å². The number of Topliss-reactive ketones (excluding diaryl/α,β-unsaturated/α-hetero) is 1. The van der Waals surface area contributed by atoms with Gasteiger partial charge in [-0.2, -0.15) is 0 Å². The minimum atomic E-state index is 0.0154. The van der Waals surface area contributed by atoms with E-state index in [1.807, 2.05) is 0 Å². The minimum absolute atomic E-state index is 0.0154. The van der Waals surface area contributed by atoms with Crippen molar-refractivity contribution in [2.24, 2.45) is 40.4 Å². The van der Waals surface area contributed by atoms with Gasteiger partial charge in [0, 0.05) is 12.8 Å². The first kappa shape index (κ1) is 16.6. The van der Waals surface area contributed by atoms with Gasteiger partial charge >= 0.3 is 5.97 Å². The number of carbonyl (C=O) groups excluding carboxylic acids is 2. The average molecular weight is 332 g/mol. The second kappa shape index (κ2) is 5.57. The highest BCUT2D eigenvalue weighted by Crippen LogP contribution is 2.67. The van der Waals surface area contributed by atoms with Gasteiger partial charge in [0.05, 0.1) is 13.0 Å². The van der Waals surface area contributed by atoms with Gasteiger partial charge in [-0.25, -0.2) is 0 Å². The molecule has 0 bridgehead atoms. The zero-order valence-electron chi connectivity index (χ0n) is 15.5. The van der Waals surface area contributed by atoms with Crippen LogP contribution in [-0.2, 0) is 14.3 Å².